The van der Waals surface area contributed by atoms with Crippen molar-refractivity contribution in [3.05, 3.63) is 59.2 Å². The maximum absolute atomic E-state index is 14.1. The first-order valence-corrected chi connectivity index (χ1v) is 22.7. The standard InChI is InChI=1S/C48H65NO9/c1-44-16-15-39-45(25-51)17-14-38(52)35-19-28-12-7-13-31(26-8-3-4-9-26)32(28)21-36(47(35,45)56)43(54)48(39,57)46(44,55)23-30-18-33(42-34(41(30)44)22-40(53)58-42)37(49-2)20-27-10-5-6-11-29(27)24-50/h5-7,10-12,22,25-26,28,30-33,35-39,41-43,49-50,52,54-57H,3-4,8-9,13-21,23-24H2,1-2H3/t28-,30-,31-,32-,33+,35+,36-,37-,38+,39-,41-,42+,43+,44-,45+,46-,47-,48-/m1/s1. The number of fused-ring (bicyclic) bond motifs is 9. The van der Waals surface area contributed by atoms with Gasteiger partial charge >= 0.3 is 5.97 Å². The van der Waals surface area contributed by atoms with E-state index in [0.717, 1.165) is 42.2 Å². The second-order valence-corrected chi connectivity index (χ2v) is 21.0. The van der Waals surface area contributed by atoms with Crippen molar-refractivity contribution < 1.29 is 45.0 Å². The molecule has 18 atom stereocenters. The number of hydrogen-bond donors (Lipinski definition) is 7. The fourth-order valence-electron chi connectivity index (χ4n) is 17.0. The SMILES string of the molecule is CN[C@H](Cc1ccccc1CO)[C@@H]1C[C@@H]2C[C@]3(O)[C@]4(O)[C@@H](O)[C@H]5C[C@@H]6[C@H](C=CC[C@@H]6C6CCCC6)C[C@H]6[C@@H](O)CC[C@](C=O)([C@H]4CC[C@]3(C)[C@H]2C2=CC(=O)O[C@H]21)[C@]56O. The number of rotatable bonds is 7. The number of carbonyl (C=O) groups is 2. The Bertz CT molecular complexity index is 1880. The number of nitrogens with one attached hydrogen (secondary N) is 1. The molecule has 1 heterocycles. The van der Waals surface area contributed by atoms with Crippen LogP contribution in [0.3, 0.4) is 0 Å². The van der Waals surface area contributed by atoms with Gasteiger partial charge in [-0.05, 0) is 123 Å². The van der Waals surface area contributed by atoms with Crippen molar-refractivity contribution in [3.8, 4) is 0 Å². The molecule has 10 nitrogen and oxygen atoms in total. The molecule has 0 saturated heterocycles. The maximum Gasteiger partial charge on any atom is 0.331 e. The lowest BCUT2D eigenvalue weighted by Gasteiger charge is -2.72. The van der Waals surface area contributed by atoms with E-state index in [-0.39, 0.29) is 55.1 Å². The van der Waals surface area contributed by atoms with Gasteiger partial charge in [0.2, 0.25) is 0 Å². The Morgan fingerprint density at radius 3 is 2.41 bits per heavy atom. The number of benzene rings is 1. The van der Waals surface area contributed by atoms with Crippen LogP contribution in [-0.2, 0) is 27.4 Å². The first-order chi connectivity index (χ1) is 27.8. The summed E-state index contributed by atoms with van der Waals surface area (Å²) in [6.45, 7) is 1.93. The van der Waals surface area contributed by atoms with Crippen LogP contribution in [0, 0.1) is 70.0 Å². The van der Waals surface area contributed by atoms with Gasteiger partial charge in [-0.3, -0.25) is 0 Å². The van der Waals surface area contributed by atoms with Crippen molar-refractivity contribution in [2.45, 2.75) is 145 Å². The monoisotopic (exact) mass is 799 g/mol. The first-order valence-electron chi connectivity index (χ1n) is 22.7. The normalized spacial score (nSPS) is 50.9. The zero-order valence-corrected chi connectivity index (χ0v) is 34.2. The number of esters is 1. The summed E-state index contributed by atoms with van der Waals surface area (Å²) in [5.41, 5.74) is -5.55. The quantitative estimate of drug-likeness (QED) is 0.121. The second kappa shape index (κ2) is 13.8. The Morgan fingerprint density at radius 2 is 1.69 bits per heavy atom. The van der Waals surface area contributed by atoms with Crippen LogP contribution in [-0.4, -0.2) is 91.1 Å². The van der Waals surface area contributed by atoms with Crippen LogP contribution >= 0.6 is 0 Å². The lowest BCUT2D eigenvalue weighted by Crippen LogP contribution is -2.85. The number of hydrogen-bond acceptors (Lipinski definition) is 10. The Balaban J connectivity index is 1.07. The number of likely N-dealkylation sites (N-methyl/N-ethyl adjacent to an activating group) is 1. The zero-order valence-electron chi connectivity index (χ0n) is 34.2. The van der Waals surface area contributed by atoms with Gasteiger partial charge in [0.1, 0.15) is 23.6 Å². The van der Waals surface area contributed by atoms with Crippen LogP contribution in [0.1, 0.15) is 102 Å². The molecule has 0 unspecified atom stereocenters. The molecule has 7 N–H and O–H groups in total. The predicted molar refractivity (Wildman–Crippen MR) is 214 cm³/mol. The fraction of sp³-hybridized carbons (Fsp3) is 0.750. The number of ether oxygens (including phenoxy) is 1. The molecule has 1 aliphatic heterocycles. The zero-order chi connectivity index (χ0) is 40.6. The van der Waals surface area contributed by atoms with E-state index in [1.165, 1.54) is 12.8 Å². The van der Waals surface area contributed by atoms with Gasteiger partial charge in [-0.25, -0.2) is 4.79 Å². The van der Waals surface area contributed by atoms with E-state index in [0.29, 0.717) is 56.8 Å². The van der Waals surface area contributed by atoms with Crippen molar-refractivity contribution >= 4 is 12.3 Å². The molecule has 58 heavy (non-hydrogen) atoms. The molecular formula is C48H65NO9. The van der Waals surface area contributed by atoms with Gasteiger partial charge in [-0.15, -0.1) is 0 Å². The van der Waals surface area contributed by atoms with E-state index in [9.17, 15) is 40.2 Å². The molecule has 316 valence electrons. The molecule has 0 aromatic heterocycles. The highest BCUT2D eigenvalue weighted by atomic mass is 16.5. The fourth-order valence-corrected chi connectivity index (χ4v) is 17.0. The van der Waals surface area contributed by atoms with E-state index in [4.69, 9.17) is 4.74 Å². The van der Waals surface area contributed by atoms with Crippen LogP contribution in [0.5, 0.6) is 0 Å². The smallest absolute Gasteiger partial charge is 0.331 e. The molecule has 0 bridgehead atoms. The van der Waals surface area contributed by atoms with Gasteiger partial charge in [0.15, 0.2) is 0 Å². The van der Waals surface area contributed by atoms with E-state index in [1.807, 2.05) is 38.2 Å². The van der Waals surface area contributed by atoms with Crippen LogP contribution < -0.4 is 5.32 Å². The Morgan fingerprint density at radius 1 is 0.931 bits per heavy atom. The summed E-state index contributed by atoms with van der Waals surface area (Å²) in [6.07, 6.45) is 13.2. The van der Waals surface area contributed by atoms with Gasteiger partial charge in [0.25, 0.3) is 0 Å². The van der Waals surface area contributed by atoms with Gasteiger partial charge in [-0.1, -0.05) is 69.0 Å². The van der Waals surface area contributed by atoms with E-state index in [1.54, 1.807) is 6.08 Å². The molecule has 7 saturated carbocycles. The molecule has 0 amide bonds. The third kappa shape index (κ3) is 4.97. The lowest BCUT2D eigenvalue weighted by molar-refractivity contribution is -0.373. The summed E-state index contributed by atoms with van der Waals surface area (Å²) in [4.78, 5) is 27.4. The molecular weight excluding hydrogens is 735 g/mol. The van der Waals surface area contributed by atoms with E-state index >= 15 is 0 Å². The highest BCUT2D eigenvalue weighted by Crippen LogP contribution is 2.77. The molecule has 10 heteroatoms. The van der Waals surface area contributed by atoms with Crippen LogP contribution in [0.2, 0.25) is 0 Å². The first kappa shape index (κ1) is 39.7. The van der Waals surface area contributed by atoms with Crippen molar-refractivity contribution in [3.63, 3.8) is 0 Å². The van der Waals surface area contributed by atoms with Crippen molar-refractivity contribution in [1.82, 2.24) is 5.32 Å². The third-order valence-corrected chi connectivity index (χ3v) is 19.4. The number of carbonyl (C=O) groups excluding carboxylic acids is 2. The van der Waals surface area contributed by atoms with Gasteiger partial charge in [0.05, 0.1) is 29.8 Å². The van der Waals surface area contributed by atoms with Gasteiger partial charge in [0, 0.05) is 41.2 Å². The van der Waals surface area contributed by atoms with Crippen molar-refractivity contribution in [2.24, 2.45) is 70.0 Å². The van der Waals surface area contributed by atoms with Crippen molar-refractivity contribution in [2.75, 3.05) is 7.05 Å². The molecule has 1 aromatic rings. The van der Waals surface area contributed by atoms with Crippen LogP contribution in [0.15, 0.2) is 48.1 Å². The van der Waals surface area contributed by atoms with E-state index in [2.05, 4.69) is 17.5 Å². The third-order valence-electron chi connectivity index (χ3n) is 19.4. The number of aliphatic hydroxyl groups is 6. The van der Waals surface area contributed by atoms with Crippen LogP contribution in [0.4, 0.5) is 0 Å². The van der Waals surface area contributed by atoms with Gasteiger partial charge in [-0.2, -0.15) is 0 Å². The van der Waals surface area contributed by atoms with E-state index < -0.39 is 69.7 Å². The summed E-state index contributed by atoms with van der Waals surface area (Å²) in [5.74, 6) is -2.52. The lowest BCUT2D eigenvalue weighted by atomic mass is 9.35. The Hall–Kier alpha value is -2.44. The molecule has 0 spiro atoms. The summed E-state index contributed by atoms with van der Waals surface area (Å²) >= 11 is 0. The molecule has 7 fully saturated rings. The highest BCUT2D eigenvalue weighted by molar-refractivity contribution is 5.86. The minimum Gasteiger partial charge on any atom is -0.454 e. The average molecular weight is 800 g/mol. The Labute approximate surface area is 342 Å². The molecule has 1 aromatic carbocycles. The molecule has 0 radical (unpaired) electrons. The summed E-state index contributed by atoms with van der Waals surface area (Å²) in [6, 6.07) is 7.67. The van der Waals surface area contributed by atoms with Crippen LogP contribution in [0.25, 0.3) is 0 Å². The molecule has 8 aliphatic carbocycles. The summed E-state index contributed by atoms with van der Waals surface area (Å²) < 4.78 is 6.15. The summed E-state index contributed by atoms with van der Waals surface area (Å²) in [7, 11) is 1.90. The minimum atomic E-state index is -2.15. The molecule has 9 aliphatic rings. The minimum absolute atomic E-state index is 0.0767. The largest absolute Gasteiger partial charge is 0.454 e. The van der Waals surface area contributed by atoms with Crippen molar-refractivity contribution in [1.29, 1.82) is 0 Å². The topological polar surface area (TPSA) is 177 Å². The highest BCUT2D eigenvalue weighted by Gasteiger charge is 2.85. The van der Waals surface area contributed by atoms with Gasteiger partial charge < -0.3 is 45.5 Å². The number of allylic oxidation sites excluding steroid dienone is 2. The summed E-state index contributed by atoms with van der Waals surface area (Å²) in [5, 5.41) is 79.9. The average Bonchev–Trinajstić information content (AvgIpc) is 3.92. The second-order valence-electron chi connectivity index (χ2n) is 21.0. The molecule has 10 rings (SSSR count). The maximum atomic E-state index is 14.1. The number of aldehydes is 1. The number of aliphatic hydroxyl groups excluding tert-OH is 3. The predicted octanol–water partition coefficient (Wildman–Crippen LogP) is 4.17. The Kier molecular flexibility index (Phi) is 9.43.